The summed E-state index contributed by atoms with van der Waals surface area (Å²) in [5, 5.41) is 3.66. The maximum absolute atomic E-state index is 5.60. The van der Waals surface area contributed by atoms with Gasteiger partial charge in [0.1, 0.15) is 5.75 Å². The Morgan fingerprint density at radius 2 is 1.89 bits per heavy atom. The van der Waals surface area contributed by atoms with Gasteiger partial charge in [-0.15, -0.1) is 0 Å². The Bertz CT molecular complexity index is 354. The van der Waals surface area contributed by atoms with E-state index in [1.54, 1.807) is 0 Å². The number of benzene rings is 1. The first-order chi connectivity index (χ1) is 9.29. The number of rotatable bonds is 7. The summed E-state index contributed by atoms with van der Waals surface area (Å²) in [6, 6.07) is 9.12. The number of nitrogens with one attached hydrogen (secondary N) is 1. The van der Waals surface area contributed by atoms with E-state index in [0.29, 0.717) is 6.04 Å². The molecule has 1 unspecified atom stereocenters. The predicted octanol–water partition coefficient (Wildman–Crippen LogP) is 4.14. The van der Waals surface area contributed by atoms with Crippen LogP contribution in [0.4, 0.5) is 0 Å². The smallest absolute Gasteiger partial charge is 0.119 e. The maximum atomic E-state index is 5.60. The van der Waals surface area contributed by atoms with Gasteiger partial charge in [0.2, 0.25) is 0 Å². The first kappa shape index (κ1) is 14.4. The van der Waals surface area contributed by atoms with Gasteiger partial charge in [-0.3, -0.25) is 0 Å². The van der Waals surface area contributed by atoms with E-state index < -0.39 is 0 Å². The molecule has 1 N–H and O–H groups in total. The molecule has 19 heavy (non-hydrogen) atoms. The fraction of sp³-hybridized carbons (Fsp3) is 0.647. The van der Waals surface area contributed by atoms with Crippen LogP contribution in [0.25, 0.3) is 0 Å². The molecule has 0 bridgehead atoms. The molecule has 2 heteroatoms. The lowest BCUT2D eigenvalue weighted by Gasteiger charge is -2.20. The molecule has 0 spiro atoms. The van der Waals surface area contributed by atoms with Crippen molar-refractivity contribution in [2.75, 3.05) is 6.61 Å². The minimum absolute atomic E-state index is 0.638. The highest BCUT2D eigenvalue weighted by Gasteiger charge is 2.20. The van der Waals surface area contributed by atoms with Crippen molar-refractivity contribution >= 4 is 0 Å². The molecule has 1 atom stereocenters. The van der Waals surface area contributed by atoms with Gasteiger partial charge in [0.25, 0.3) is 0 Å². The Morgan fingerprint density at radius 1 is 1.21 bits per heavy atom. The van der Waals surface area contributed by atoms with Gasteiger partial charge < -0.3 is 10.1 Å². The third-order valence-corrected chi connectivity index (χ3v) is 4.13. The molecule has 0 amide bonds. The van der Waals surface area contributed by atoms with Gasteiger partial charge in [-0.05, 0) is 49.8 Å². The van der Waals surface area contributed by atoms with Crippen molar-refractivity contribution < 1.29 is 4.74 Å². The Balaban J connectivity index is 1.75. The van der Waals surface area contributed by atoms with Gasteiger partial charge in [0.05, 0.1) is 6.61 Å². The number of hydrogen-bond acceptors (Lipinski definition) is 2. The molecule has 0 saturated heterocycles. The van der Waals surface area contributed by atoms with E-state index in [4.69, 9.17) is 4.74 Å². The quantitative estimate of drug-likeness (QED) is 0.796. The van der Waals surface area contributed by atoms with Crippen LogP contribution in [-0.2, 0) is 6.54 Å². The van der Waals surface area contributed by atoms with Crippen molar-refractivity contribution in [3.05, 3.63) is 29.8 Å². The Morgan fingerprint density at radius 3 is 2.53 bits per heavy atom. The summed E-state index contributed by atoms with van der Waals surface area (Å²) >= 11 is 0. The molecule has 1 aliphatic rings. The van der Waals surface area contributed by atoms with Crippen molar-refractivity contribution in [1.82, 2.24) is 5.32 Å². The minimum Gasteiger partial charge on any atom is -0.494 e. The van der Waals surface area contributed by atoms with Crippen LogP contribution in [0.3, 0.4) is 0 Å². The van der Waals surface area contributed by atoms with Crippen molar-refractivity contribution in [1.29, 1.82) is 0 Å². The van der Waals surface area contributed by atoms with Gasteiger partial charge in [-0.2, -0.15) is 0 Å². The third-order valence-electron chi connectivity index (χ3n) is 4.13. The SMILES string of the molecule is CCCOc1ccc(CNC(C)C2CCCC2)cc1. The molecule has 1 saturated carbocycles. The monoisotopic (exact) mass is 261 g/mol. The molecule has 2 rings (SSSR count). The van der Waals surface area contributed by atoms with Gasteiger partial charge in [0.15, 0.2) is 0 Å². The lowest BCUT2D eigenvalue weighted by Crippen LogP contribution is -2.31. The summed E-state index contributed by atoms with van der Waals surface area (Å²) in [4.78, 5) is 0. The second kappa shape index (κ2) is 7.54. The van der Waals surface area contributed by atoms with Crippen molar-refractivity contribution in [3.63, 3.8) is 0 Å². The molecule has 1 aliphatic carbocycles. The second-order valence-electron chi connectivity index (χ2n) is 5.71. The van der Waals surface area contributed by atoms with E-state index in [1.165, 1.54) is 31.2 Å². The van der Waals surface area contributed by atoms with Crippen LogP contribution in [0.2, 0.25) is 0 Å². The average Bonchev–Trinajstić information content (AvgIpc) is 2.98. The molecule has 1 aromatic carbocycles. The topological polar surface area (TPSA) is 21.3 Å². The van der Waals surface area contributed by atoms with Gasteiger partial charge >= 0.3 is 0 Å². The van der Waals surface area contributed by atoms with Crippen molar-refractivity contribution in [3.8, 4) is 5.75 Å². The molecule has 0 aromatic heterocycles. The van der Waals surface area contributed by atoms with Crippen molar-refractivity contribution in [2.45, 2.75) is 58.5 Å². The maximum Gasteiger partial charge on any atom is 0.119 e. The summed E-state index contributed by atoms with van der Waals surface area (Å²) in [7, 11) is 0. The second-order valence-corrected chi connectivity index (χ2v) is 5.71. The van der Waals surface area contributed by atoms with Crippen LogP contribution in [-0.4, -0.2) is 12.6 Å². The zero-order chi connectivity index (χ0) is 13.5. The first-order valence-electron chi connectivity index (χ1n) is 7.74. The van der Waals surface area contributed by atoms with Gasteiger partial charge in [0, 0.05) is 12.6 Å². The van der Waals surface area contributed by atoms with Crippen molar-refractivity contribution in [2.24, 2.45) is 5.92 Å². The largest absolute Gasteiger partial charge is 0.494 e. The minimum atomic E-state index is 0.638. The molecule has 1 aromatic rings. The molecule has 2 nitrogen and oxygen atoms in total. The first-order valence-corrected chi connectivity index (χ1v) is 7.74. The number of ether oxygens (including phenoxy) is 1. The summed E-state index contributed by atoms with van der Waals surface area (Å²) in [6.45, 7) is 6.22. The zero-order valence-corrected chi connectivity index (χ0v) is 12.3. The average molecular weight is 261 g/mol. The molecule has 1 fully saturated rings. The third kappa shape index (κ3) is 4.54. The Hall–Kier alpha value is -1.02. The van der Waals surface area contributed by atoms with E-state index in [9.17, 15) is 0 Å². The van der Waals surface area contributed by atoms with E-state index in [-0.39, 0.29) is 0 Å². The highest BCUT2D eigenvalue weighted by molar-refractivity contribution is 5.27. The lowest BCUT2D eigenvalue weighted by molar-refractivity contribution is 0.317. The predicted molar refractivity (Wildman–Crippen MR) is 80.5 cm³/mol. The standard InChI is InChI=1S/C17H27NO/c1-3-12-19-17-10-8-15(9-11-17)13-18-14(2)16-6-4-5-7-16/h8-11,14,16,18H,3-7,12-13H2,1-2H3. The highest BCUT2D eigenvalue weighted by Crippen LogP contribution is 2.27. The molecular formula is C17H27NO. The van der Waals surface area contributed by atoms with E-state index in [1.807, 2.05) is 0 Å². The van der Waals surface area contributed by atoms with Crippen LogP contribution in [0.1, 0.15) is 51.5 Å². The Labute approximate surface area is 117 Å². The van der Waals surface area contributed by atoms with Gasteiger partial charge in [-0.1, -0.05) is 31.9 Å². The Kier molecular flexibility index (Phi) is 5.71. The van der Waals surface area contributed by atoms with Crippen LogP contribution in [0.5, 0.6) is 5.75 Å². The molecule has 0 radical (unpaired) electrons. The van der Waals surface area contributed by atoms with E-state index in [2.05, 4.69) is 43.4 Å². The highest BCUT2D eigenvalue weighted by atomic mass is 16.5. The molecular weight excluding hydrogens is 234 g/mol. The van der Waals surface area contributed by atoms with Crippen LogP contribution in [0, 0.1) is 5.92 Å². The summed E-state index contributed by atoms with van der Waals surface area (Å²) in [5.74, 6) is 1.86. The molecule has 0 heterocycles. The van der Waals surface area contributed by atoms with Crippen LogP contribution < -0.4 is 10.1 Å². The normalized spacial score (nSPS) is 17.6. The molecule has 106 valence electrons. The fourth-order valence-electron chi connectivity index (χ4n) is 2.83. The summed E-state index contributed by atoms with van der Waals surface area (Å²) in [6.07, 6.45) is 6.69. The summed E-state index contributed by atoms with van der Waals surface area (Å²) in [5.41, 5.74) is 1.34. The van der Waals surface area contributed by atoms with Crippen LogP contribution >= 0.6 is 0 Å². The van der Waals surface area contributed by atoms with E-state index >= 15 is 0 Å². The van der Waals surface area contributed by atoms with Gasteiger partial charge in [-0.25, -0.2) is 0 Å². The number of hydrogen-bond donors (Lipinski definition) is 1. The summed E-state index contributed by atoms with van der Waals surface area (Å²) < 4.78 is 5.60. The molecule has 0 aliphatic heterocycles. The van der Waals surface area contributed by atoms with E-state index in [0.717, 1.165) is 31.2 Å². The zero-order valence-electron chi connectivity index (χ0n) is 12.3. The fourth-order valence-corrected chi connectivity index (χ4v) is 2.83. The van der Waals surface area contributed by atoms with Crippen LogP contribution in [0.15, 0.2) is 24.3 Å². The lowest BCUT2D eigenvalue weighted by atomic mass is 9.99.